The lowest BCUT2D eigenvalue weighted by Crippen LogP contribution is -2.34. The van der Waals surface area contributed by atoms with Gasteiger partial charge in [0.2, 0.25) is 11.8 Å². The molecule has 0 radical (unpaired) electrons. The summed E-state index contributed by atoms with van der Waals surface area (Å²) in [5.41, 5.74) is 1.92. The Morgan fingerprint density at radius 3 is 2.62 bits per heavy atom. The van der Waals surface area contributed by atoms with Crippen LogP contribution in [0, 0.1) is 6.92 Å². The molecule has 0 aliphatic carbocycles. The Balaban J connectivity index is 2.66. The number of aryl methyl sites for hydroxylation is 1. The number of anilines is 1. The van der Waals surface area contributed by atoms with Gasteiger partial charge in [-0.1, -0.05) is 19.4 Å². The molecule has 116 valence electrons. The molecule has 21 heavy (non-hydrogen) atoms. The number of nitrogens with zero attached hydrogens (tertiary/aromatic N) is 1. The number of carbonyl (C=O) groups is 2. The van der Waals surface area contributed by atoms with Crippen molar-refractivity contribution in [1.82, 2.24) is 5.32 Å². The molecule has 0 saturated carbocycles. The average molecular weight is 355 g/mol. The molecule has 1 aromatic rings. The number of carbonyl (C=O) groups excluding carboxylic acids is 2. The first-order chi connectivity index (χ1) is 9.95. The minimum atomic E-state index is -0.0686. The van der Waals surface area contributed by atoms with Gasteiger partial charge in [0.25, 0.3) is 0 Å². The van der Waals surface area contributed by atoms with Crippen LogP contribution in [0.5, 0.6) is 0 Å². The number of hydrogen-bond donors (Lipinski definition) is 1. The van der Waals surface area contributed by atoms with E-state index in [1.807, 2.05) is 25.1 Å². The lowest BCUT2D eigenvalue weighted by atomic mass is 10.2. The van der Waals surface area contributed by atoms with Crippen LogP contribution in [0.25, 0.3) is 0 Å². The highest BCUT2D eigenvalue weighted by Gasteiger charge is 2.15. The van der Waals surface area contributed by atoms with E-state index < -0.39 is 0 Å². The Morgan fingerprint density at radius 1 is 1.33 bits per heavy atom. The number of nitrogens with one attached hydrogen (secondary N) is 1. The average Bonchev–Trinajstić information content (AvgIpc) is 2.41. The lowest BCUT2D eigenvalue weighted by molar-refractivity contribution is -0.121. The van der Waals surface area contributed by atoms with Crippen LogP contribution in [-0.2, 0) is 9.59 Å². The topological polar surface area (TPSA) is 49.4 Å². The van der Waals surface area contributed by atoms with Gasteiger partial charge in [-0.2, -0.15) is 0 Å². The summed E-state index contributed by atoms with van der Waals surface area (Å²) in [4.78, 5) is 25.2. The summed E-state index contributed by atoms with van der Waals surface area (Å²) < 4.78 is 0.865. The van der Waals surface area contributed by atoms with E-state index in [0.717, 1.165) is 28.6 Å². The molecule has 0 aliphatic heterocycles. The van der Waals surface area contributed by atoms with Crippen molar-refractivity contribution in [2.45, 2.75) is 40.0 Å². The maximum Gasteiger partial charge on any atom is 0.223 e. The van der Waals surface area contributed by atoms with Crippen LogP contribution >= 0.6 is 15.9 Å². The summed E-state index contributed by atoms with van der Waals surface area (Å²) in [6, 6.07) is 5.82. The first-order valence-corrected chi connectivity index (χ1v) is 8.06. The van der Waals surface area contributed by atoms with E-state index in [1.165, 1.54) is 6.92 Å². The molecule has 4 nitrogen and oxygen atoms in total. The van der Waals surface area contributed by atoms with Crippen molar-refractivity contribution >= 4 is 33.4 Å². The number of unbranched alkanes of at least 4 members (excludes halogenated alkanes) is 1. The van der Waals surface area contributed by atoms with E-state index >= 15 is 0 Å². The fourth-order valence-corrected chi connectivity index (χ4v) is 2.69. The zero-order chi connectivity index (χ0) is 15.8. The standard InChI is InChI=1S/C16H23BrN2O2/c1-4-5-9-18-16(21)8-10-19(13(3)20)15-7-6-12(2)11-14(15)17/h6-7,11H,4-5,8-10H2,1-3H3,(H,18,21). The van der Waals surface area contributed by atoms with Gasteiger partial charge in [-0.05, 0) is 47.0 Å². The van der Waals surface area contributed by atoms with Crippen molar-refractivity contribution < 1.29 is 9.59 Å². The smallest absolute Gasteiger partial charge is 0.223 e. The molecule has 0 fully saturated rings. The zero-order valence-corrected chi connectivity index (χ0v) is 14.5. The van der Waals surface area contributed by atoms with Crippen molar-refractivity contribution in [2.24, 2.45) is 0 Å². The maximum absolute atomic E-state index is 11.8. The molecule has 0 spiro atoms. The summed E-state index contributed by atoms with van der Waals surface area (Å²) in [7, 11) is 0. The second-order valence-electron chi connectivity index (χ2n) is 5.08. The highest BCUT2D eigenvalue weighted by Crippen LogP contribution is 2.27. The Kier molecular flexibility index (Phi) is 7.43. The molecule has 0 unspecified atom stereocenters. The Morgan fingerprint density at radius 2 is 2.05 bits per heavy atom. The van der Waals surface area contributed by atoms with Gasteiger partial charge in [0.05, 0.1) is 5.69 Å². The largest absolute Gasteiger partial charge is 0.356 e. The summed E-state index contributed by atoms with van der Waals surface area (Å²) in [5.74, 6) is -0.0844. The maximum atomic E-state index is 11.8. The minimum absolute atomic E-state index is 0.0158. The van der Waals surface area contributed by atoms with Gasteiger partial charge in [-0.15, -0.1) is 0 Å². The van der Waals surface area contributed by atoms with Crippen LogP contribution in [0.1, 0.15) is 38.7 Å². The first-order valence-electron chi connectivity index (χ1n) is 7.26. The Labute approximate surface area is 135 Å². The van der Waals surface area contributed by atoms with Crippen LogP contribution in [0.3, 0.4) is 0 Å². The highest BCUT2D eigenvalue weighted by atomic mass is 79.9. The Hall–Kier alpha value is -1.36. The fraction of sp³-hybridized carbons (Fsp3) is 0.500. The van der Waals surface area contributed by atoms with E-state index in [0.29, 0.717) is 19.5 Å². The summed E-state index contributed by atoms with van der Waals surface area (Å²) in [6.07, 6.45) is 2.34. The molecule has 0 atom stereocenters. The quantitative estimate of drug-likeness (QED) is 0.762. The van der Waals surface area contributed by atoms with E-state index in [2.05, 4.69) is 28.2 Å². The molecule has 2 amide bonds. The molecule has 0 aliphatic rings. The van der Waals surface area contributed by atoms with Crippen LogP contribution in [0.4, 0.5) is 5.69 Å². The molecule has 1 N–H and O–H groups in total. The van der Waals surface area contributed by atoms with Gasteiger partial charge in [0.1, 0.15) is 0 Å². The lowest BCUT2D eigenvalue weighted by Gasteiger charge is -2.22. The predicted molar refractivity (Wildman–Crippen MR) is 89.4 cm³/mol. The van der Waals surface area contributed by atoms with Gasteiger partial charge in [-0.25, -0.2) is 0 Å². The van der Waals surface area contributed by atoms with E-state index in [9.17, 15) is 9.59 Å². The second kappa shape index (κ2) is 8.82. The van der Waals surface area contributed by atoms with Crippen LogP contribution < -0.4 is 10.2 Å². The van der Waals surface area contributed by atoms with Crippen molar-refractivity contribution in [3.63, 3.8) is 0 Å². The molecular formula is C16H23BrN2O2. The fourth-order valence-electron chi connectivity index (χ4n) is 1.98. The second-order valence-corrected chi connectivity index (χ2v) is 5.93. The van der Waals surface area contributed by atoms with Crippen molar-refractivity contribution in [3.8, 4) is 0 Å². The van der Waals surface area contributed by atoms with Gasteiger partial charge in [0, 0.05) is 30.9 Å². The molecule has 0 bridgehead atoms. The van der Waals surface area contributed by atoms with Gasteiger partial charge < -0.3 is 10.2 Å². The molecular weight excluding hydrogens is 332 g/mol. The zero-order valence-electron chi connectivity index (χ0n) is 12.9. The van der Waals surface area contributed by atoms with Crippen molar-refractivity contribution in [1.29, 1.82) is 0 Å². The molecule has 0 aromatic heterocycles. The normalized spacial score (nSPS) is 10.3. The summed E-state index contributed by atoms with van der Waals surface area (Å²) in [5, 5.41) is 2.86. The number of hydrogen-bond acceptors (Lipinski definition) is 2. The van der Waals surface area contributed by atoms with Crippen LogP contribution in [-0.4, -0.2) is 24.9 Å². The number of rotatable bonds is 7. The molecule has 0 saturated heterocycles. The summed E-state index contributed by atoms with van der Waals surface area (Å²) in [6.45, 7) is 6.67. The third-order valence-electron chi connectivity index (χ3n) is 3.19. The number of halogens is 1. The van der Waals surface area contributed by atoms with E-state index in [-0.39, 0.29) is 11.8 Å². The molecule has 5 heteroatoms. The van der Waals surface area contributed by atoms with E-state index in [4.69, 9.17) is 0 Å². The highest BCUT2D eigenvalue weighted by molar-refractivity contribution is 9.10. The summed E-state index contributed by atoms with van der Waals surface area (Å²) >= 11 is 3.48. The van der Waals surface area contributed by atoms with E-state index in [1.54, 1.807) is 4.90 Å². The van der Waals surface area contributed by atoms with Gasteiger partial charge in [-0.3, -0.25) is 9.59 Å². The first kappa shape index (κ1) is 17.7. The van der Waals surface area contributed by atoms with Gasteiger partial charge in [0.15, 0.2) is 0 Å². The Bertz CT molecular complexity index is 503. The minimum Gasteiger partial charge on any atom is -0.356 e. The predicted octanol–water partition coefficient (Wildman–Crippen LogP) is 3.42. The van der Waals surface area contributed by atoms with Gasteiger partial charge >= 0.3 is 0 Å². The third-order valence-corrected chi connectivity index (χ3v) is 3.82. The van der Waals surface area contributed by atoms with Crippen molar-refractivity contribution in [3.05, 3.63) is 28.2 Å². The molecule has 1 rings (SSSR count). The van der Waals surface area contributed by atoms with Crippen molar-refractivity contribution in [2.75, 3.05) is 18.0 Å². The number of benzene rings is 1. The molecule has 1 aromatic carbocycles. The number of amides is 2. The van der Waals surface area contributed by atoms with Crippen LogP contribution in [0.15, 0.2) is 22.7 Å². The van der Waals surface area contributed by atoms with Crippen LogP contribution in [0.2, 0.25) is 0 Å². The SMILES string of the molecule is CCCCNC(=O)CCN(C(C)=O)c1ccc(C)cc1Br. The third kappa shape index (κ3) is 5.87. The monoisotopic (exact) mass is 354 g/mol. The molecule has 0 heterocycles.